The number of halogens is 1. The Morgan fingerprint density at radius 1 is 1.20 bits per heavy atom. The van der Waals surface area contributed by atoms with E-state index in [-0.39, 0.29) is 18.3 Å². The molecule has 1 aromatic rings. The molecule has 1 saturated heterocycles. The quantitative estimate of drug-likeness (QED) is 0.896. The highest BCUT2D eigenvalue weighted by Gasteiger charge is 2.39. The molecule has 1 saturated carbocycles. The lowest BCUT2D eigenvalue weighted by atomic mass is 9.94. The second kappa shape index (κ2) is 7.09. The number of piperidine rings is 1. The maximum absolute atomic E-state index is 12.0. The molecule has 3 nitrogen and oxygen atoms in total. The highest BCUT2D eigenvalue weighted by Crippen LogP contribution is 2.40. The van der Waals surface area contributed by atoms with E-state index in [1.165, 1.54) is 5.56 Å². The molecule has 20 heavy (non-hydrogen) atoms. The molecule has 2 N–H and O–H groups in total. The van der Waals surface area contributed by atoms with Crippen molar-refractivity contribution in [2.75, 3.05) is 13.1 Å². The van der Waals surface area contributed by atoms with Crippen molar-refractivity contribution in [3.05, 3.63) is 35.9 Å². The second-order valence-electron chi connectivity index (χ2n) is 5.82. The van der Waals surface area contributed by atoms with E-state index in [9.17, 15) is 4.79 Å². The van der Waals surface area contributed by atoms with Gasteiger partial charge < -0.3 is 10.6 Å². The van der Waals surface area contributed by atoms with Gasteiger partial charge in [-0.3, -0.25) is 4.79 Å². The van der Waals surface area contributed by atoms with Crippen molar-refractivity contribution >= 4 is 18.3 Å². The Morgan fingerprint density at radius 2 is 1.90 bits per heavy atom. The summed E-state index contributed by atoms with van der Waals surface area (Å²) < 4.78 is 0. The smallest absolute Gasteiger partial charge is 0.220 e. The molecule has 4 heteroatoms. The minimum atomic E-state index is 0. The molecule has 2 fully saturated rings. The Labute approximate surface area is 126 Å². The van der Waals surface area contributed by atoms with Gasteiger partial charge in [-0.05, 0) is 43.8 Å². The number of nitrogens with one attached hydrogen (secondary N) is 2. The van der Waals surface area contributed by atoms with Crippen molar-refractivity contribution in [3.63, 3.8) is 0 Å². The summed E-state index contributed by atoms with van der Waals surface area (Å²) in [4.78, 5) is 12.0. The predicted molar refractivity (Wildman–Crippen MR) is 83.2 cm³/mol. The van der Waals surface area contributed by atoms with Crippen LogP contribution in [0.25, 0.3) is 0 Å². The molecule has 0 bridgehead atoms. The summed E-state index contributed by atoms with van der Waals surface area (Å²) in [6.45, 7) is 2.13. The fourth-order valence-corrected chi connectivity index (χ4v) is 3.04. The number of rotatable bonds is 4. The van der Waals surface area contributed by atoms with Gasteiger partial charge >= 0.3 is 0 Å². The van der Waals surface area contributed by atoms with Crippen molar-refractivity contribution in [3.8, 4) is 0 Å². The van der Waals surface area contributed by atoms with Crippen LogP contribution < -0.4 is 10.6 Å². The predicted octanol–water partition coefficient (Wildman–Crippen LogP) is 2.47. The summed E-state index contributed by atoms with van der Waals surface area (Å²) in [5.74, 6) is 1.36. The van der Waals surface area contributed by atoms with E-state index >= 15 is 0 Å². The van der Waals surface area contributed by atoms with Crippen molar-refractivity contribution in [1.82, 2.24) is 10.6 Å². The van der Waals surface area contributed by atoms with Crippen LogP contribution in [0, 0.1) is 5.92 Å². The van der Waals surface area contributed by atoms with Gasteiger partial charge in [0.15, 0.2) is 0 Å². The molecule has 3 rings (SSSR count). The van der Waals surface area contributed by atoms with Gasteiger partial charge in [0.05, 0.1) is 0 Å². The van der Waals surface area contributed by atoms with Crippen LogP contribution in [0.1, 0.15) is 37.2 Å². The van der Waals surface area contributed by atoms with Gasteiger partial charge in [-0.2, -0.15) is 0 Å². The molecule has 2 atom stereocenters. The second-order valence-corrected chi connectivity index (χ2v) is 5.82. The van der Waals surface area contributed by atoms with Crippen molar-refractivity contribution in [1.29, 1.82) is 0 Å². The van der Waals surface area contributed by atoms with Gasteiger partial charge in [-0.15, -0.1) is 12.4 Å². The average Bonchev–Trinajstić information content (AvgIpc) is 3.20. The van der Waals surface area contributed by atoms with Gasteiger partial charge in [-0.25, -0.2) is 0 Å². The first kappa shape index (κ1) is 15.3. The Bertz CT molecular complexity index is 431. The first-order valence-corrected chi connectivity index (χ1v) is 7.38. The molecule has 1 aromatic carbocycles. The molecule has 1 heterocycles. The molecule has 0 aromatic heterocycles. The Morgan fingerprint density at radius 3 is 2.60 bits per heavy atom. The summed E-state index contributed by atoms with van der Waals surface area (Å²) >= 11 is 0. The average molecular weight is 295 g/mol. The van der Waals surface area contributed by atoms with E-state index in [1.807, 2.05) is 6.07 Å². The molecular formula is C16H23ClN2O. The standard InChI is InChI=1S/C16H22N2O.ClH/c19-16(10-12-6-8-17-9-7-12)18-15-11-14(15)13-4-2-1-3-5-13;/h1-5,12,14-15,17H,6-11H2,(H,18,19);1H. The molecular weight excluding hydrogens is 272 g/mol. The number of hydrogen-bond acceptors (Lipinski definition) is 2. The maximum Gasteiger partial charge on any atom is 0.220 e. The largest absolute Gasteiger partial charge is 0.353 e. The molecule has 0 spiro atoms. The highest BCUT2D eigenvalue weighted by atomic mass is 35.5. The van der Waals surface area contributed by atoms with Crippen LogP contribution in [-0.4, -0.2) is 25.0 Å². The Kier molecular flexibility index (Phi) is 5.44. The number of carbonyl (C=O) groups excluding carboxylic acids is 1. The van der Waals surface area contributed by atoms with Crippen LogP contribution in [0.15, 0.2) is 30.3 Å². The van der Waals surface area contributed by atoms with Crippen molar-refractivity contribution in [2.45, 2.75) is 37.6 Å². The third-order valence-electron chi connectivity index (χ3n) is 4.30. The first-order chi connectivity index (χ1) is 9.33. The lowest BCUT2D eigenvalue weighted by molar-refractivity contribution is -0.122. The lowest BCUT2D eigenvalue weighted by Gasteiger charge is -2.21. The van der Waals surface area contributed by atoms with E-state index in [2.05, 4.69) is 34.9 Å². The topological polar surface area (TPSA) is 41.1 Å². The number of amides is 1. The highest BCUT2D eigenvalue weighted by molar-refractivity contribution is 5.85. The van der Waals surface area contributed by atoms with Crippen LogP contribution in [0.2, 0.25) is 0 Å². The van der Waals surface area contributed by atoms with E-state index in [0.717, 1.165) is 32.4 Å². The third kappa shape index (κ3) is 3.97. The summed E-state index contributed by atoms with van der Waals surface area (Å²) in [7, 11) is 0. The Hall–Kier alpha value is -1.06. The minimum Gasteiger partial charge on any atom is -0.353 e. The fourth-order valence-electron chi connectivity index (χ4n) is 3.04. The third-order valence-corrected chi connectivity index (χ3v) is 4.30. The van der Waals surface area contributed by atoms with Gasteiger partial charge in [0, 0.05) is 18.4 Å². The number of benzene rings is 1. The zero-order valence-corrected chi connectivity index (χ0v) is 12.5. The van der Waals surface area contributed by atoms with Crippen molar-refractivity contribution < 1.29 is 4.79 Å². The Balaban J connectivity index is 0.00000147. The number of carbonyl (C=O) groups is 1. The van der Waals surface area contributed by atoms with Gasteiger partial charge in [-0.1, -0.05) is 30.3 Å². The van der Waals surface area contributed by atoms with Crippen LogP contribution in [-0.2, 0) is 4.79 Å². The molecule has 1 aliphatic carbocycles. The zero-order chi connectivity index (χ0) is 13.1. The van der Waals surface area contributed by atoms with Crippen LogP contribution in [0.3, 0.4) is 0 Å². The van der Waals surface area contributed by atoms with E-state index < -0.39 is 0 Å². The maximum atomic E-state index is 12.0. The molecule has 110 valence electrons. The molecule has 1 aliphatic heterocycles. The lowest BCUT2D eigenvalue weighted by Crippen LogP contribution is -2.33. The normalized spacial score (nSPS) is 25.6. The minimum absolute atomic E-state index is 0. The summed E-state index contributed by atoms with van der Waals surface area (Å²) in [6.07, 6.45) is 4.09. The molecule has 2 aliphatic rings. The van der Waals surface area contributed by atoms with E-state index in [1.54, 1.807) is 0 Å². The summed E-state index contributed by atoms with van der Waals surface area (Å²) in [5.41, 5.74) is 1.36. The van der Waals surface area contributed by atoms with Crippen LogP contribution in [0.4, 0.5) is 0 Å². The zero-order valence-electron chi connectivity index (χ0n) is 11.7. The molecule has 2 unspecified atom stereocenters. The fraction of sp³-hybridized carbons (Fsp3) is 0.562. The van der Waals surface area contributed by atoms with Gasteiger partial charge in [0.25, 0.3) is 0 Å². The van der Waals surface area contributed by atoms with E-state index in [0.29, 0.717) is 24.3 Å². The number of hydrogen-bond donors (Lipinski definition) is 2. The monoisotopic (exact) mass is 294 g/mol. The molecule has 0 radical (unpaired) electrons. The van der Waals surface area contributed by atoms with Gasteiger partial charge in [0.1, 0.15) is 0 Å². The van der Waals surface area contributed by atoms with Gasteiger partial charge in [0.2, 0.25) is 5.91 Å². The van der Waals surface area contributed by atoms with E-state index in [4.69, 9.17) is 0 Å². The SMILES string of the molecule is Cl.O=C(CC1CCNCC1)NC1CC1c1ccccc1. The van der Waals surface area contributed by atoms with Crippen molar-refractivity contribution in [2.24, 2.45) is 5.92 Å². The van der Waals surface area contributed by atoms with Crippen LogP contribution in [0.5, 0.6) is 0 Å². The van der Waals surface area contributed by atoms with Crippen LogP contribution >= 0.6 is 12.4 Å². The molecule has 1 amide bonds. The summed E-state index contributed by atoms with van der Waals surface area (Å²) in [6, 6.07) is 10.9. The first-order valence-electron chi connectivity index (χ1n) is 7.38. The summed E-state index contributed by atoms with van der Waals surface area (Å²) in [5, 5.41) is 6.53.